The molecule has 3 rings (SSSR count). The van der Waals surface area contributed by atoms with Crippen LogP contribution in [0.25, 0.3) is 5.69 Å². The summed E-state index contributed by atoms with van der Waals surface area (Å²) in [6, 6.07) is 7.42. The van der Waals surface area contributed by atoms with E-state index in [0.717, 1.165) is 19.4 Å². The summed E-state index contributed by atoms with van der Waals surface area (Å²) in [5, 5.41) is 8.49. The second-order valence-electron chi connectivity index (χ2n) is 4.88. The molecule has 1 aliphatic rings. The molecule has 5 nitrogen and oxygen atoms in total. The van der Waals surface area contributed by atoms with E-state index in [9.17, 15) is 4.79 Å². The van der Waals surface area contributed by atoms with E-state index in [2.05, 4.69) is 22.8 Å². The van der Waals surface area contributed by atoms with Gasteiger partial charge in [0.1, 0.15) is 0 Å². The number of piperidine rings is 1. The lowest BCUT2D eigenvalue weighted by Crippen LogP contribution is -2.40. The number of amides is 1. The molecule has 2 aromatic rings. The number of para-hydroxylation sites is 1. The number of thiol groups is 1. The van der Waals surface area contributed by atoms with Crippen LogP contribution in [0.2, 0.25) is 0 Å². The van der Waals surface area contributed by atoms with Crippen molar-refractivity contribution in [2.24, 2.45) is 0 Å². The Labute approximate surface area is 136 Å². The van der Waals surface area contributed by atoms with Gasteiger partial charge >= 0.3 is 0 Å². The van der Waals surface area contributed by atoms with Crippen LogP contribution < -0.4 is 0 Å². The molecule has 0 N–H and O–H groups in total. The van der Waals surface area contributed by atoms with E-state index in [4.69, 9.17) is 0 Å². The average molecular weight is 318 g/mol. The molecule has 1 aromatic heterocycles. The first-order valence-corrected chi connectivity index (χ1v) is 8.20. The summed E-state index contributed by atoms with van der Waals surface area (Å²) in [5.74, 6) is 0.0247. The van der Waals surface area contributed by atoms with Gasteiger partial charge in [0, 0.05) is 18.3 Å². The first-order valence-electron chi connectivity index (χ1n) is 7.69. The van der Waals surface area contributed by atoms with Gasteiger partial charge in [-0.2, -0.15) is 27.6 Å². The molecule has 1 aliphatic heterocycles. The smallest absolute Gasteiger partial charge is 0.256 e. The highest BCUT2D eigenvalue weighted by atomic mass is 32.1. The van der Waals surface area contributed by atoms with Crippen LogP contribution in [0.15, 0.2) is 36.7 Å². The second-order valence-corrected chi connectivity index (χ2v) is 5.61. The van der Waals surface area contributed by atoms with E-state index in [1.165, 1.54) is 4.80 Å². The maximum absolute atomic E-state index is 12.7. The minimum Gasteiger partial charge on any atom is -0.337 e. The average Bonchev–Trinajstić information content (AvgIpc) is 3.10. The highest BCUT2D eigenvalue weighted by Crippen LogP contribution is 2.20. The normalized spacial score (nSPS) is 17.6. The lowest BCUT2D eigenvalue weighted by atomic mass is 10.1. The summed E-state index contributed by atoms with van der Waals surface area (Å²) in [5.41, 5.74) is 1.34. The number of rotatable bonds is 2. The van der Waals surface area contributed by atoms with Crippen LogP contribution in [0, 0.1) is 0 Å². The molecule has 1 fully saturated rings. The van der Waals surface area contributed by atoms with Crippen molar-refractivity contribution in [1.29, 1.82) is 0 Å². The highest BCUT2D eigenvalue weighted by Gasteiger charge is 2.24. The Kier molecular flexibility index (Phi) is 6.00. The minimum absolute atomic E-state index is 0.0247. The van der Waals surface area contributed by atoms with Gasteiger partial charge < -0.3 is 4.90 Å². The molecule has 0 bridgehead atoms. The van der Waals surface area contributed by atoms with Crippen LogP contribution in [0.4, 0.5) is 0 Å². The lowest BCUT2D eigenvalue weighted by molar-refractivity contribution is 0.0728. The molecule has 118 valence electrons. The topological polar surface area (TPSA) is 51.0 Å². The van der Waals surface area contributed by atoms with E-state index in [0.29, 0.717) is 17.8 Å². The Balaban J connectivity index is 0.000000847. The van der Waals surface area contributed by atoms with Crippen LogP contribution in [0.5, 0.6) is 0 Å². The molecule has 22 heavy (non-hydrogen) atoms. The molecule has 0 radical (unpaired) electrons. The molecular weight excluding hydrogens is 296 g/mol. The Bertz CT molecular complexity index is 600. The highest BCUT2D eigenvalue weighted by molar-refractivity contribution is 7.81. The molecule has 0 saturated carbocycles. The summed E-state index contributed by atoms with van der Waals surface area (Å²) < 4.78 is 0. The largest absolute Gasteiger partial charge is 0.337 e. The summed E-state index contributed by atoms with van der Waals surface area (Å²) in [7, 11) is 0. The van der Waals surface area contributed by atoms with Crippen molar-refractivity contribution >= 4 is 18.5 Å². The predicted molar refractivity (Wildman–Crippen MR) is 90.6 cm³/mol. The van der Waals surface area contributed by atoms with Crippen molar-refractivity contribution in [2.45, 2.75) is 31.9 Å². The van der Waals surface area contributed by atoms with Crippen LogP contribution in [-0.4, -0.2) is 44.1 Å². The summed E-state index contributed by atoms with van der Waals surface area (Å²) >= 11 is 4.49. The monoisotopic (exact) mass is 318 g/mol. The first kappa shape index (κ1) is 16.5. The molecule has 1 saturated heterocycles. The number of aromatic nitrogens is 3. The second kappa shape index (κ2) is 7.98. The van der Waals surface area contributed by atoms with Crippen LogP contribution in [0.1, 0.15) is 37.0 Å². The minimum atomic E-state index is 0.0247. The molecular formula is C16H22N4OS. The van der Waals surface area contributed by atoms with E-state index < -0.39 is 0 Å². The van der Waals surface area contributed by atoms with E-state index in [1.54, 1.807) is 12.4 Å². The van der Waals surface area contributed by atoms with Crippen molar-refractivity contribution in [3.8, 4) is 5.69 Å². The van der Waals surface area contributed by atoms with E-state index in [-0.39, 0.29) is 11.2 Å². The Hall–Kier alpha value is -1.82. The maximum Gasteiger partial charge on any atom is 0.256 e. The summed E-state index contributed by atoms with van der Waals surface area (Å²) in [6.07, 6.45) is 5.27. The lowest BCUT2D eigenvalue weighted by Gasteiger charge is -2.30. The number of hydrogen-bond acceptors (Lipinski definition) is 4. The molecule has 2 heterocycles. The van der Waals surface area contributed by atoms with Gasteiger partial charge in [-0.25, -0.2) is 0 Å². The van der Waals surface area contributed by atoms with Crippen LogP contribution >= 0.6 is 12.6 Å². The van der Waals surface area contributed by atoms with Gasteiger partial charge in [0.05, 0.1) is 23.6 Å². The third-order valence-electron chi connectivity index (χ3n) is 3.45. The van der Waals surface area contributed by atoms with Gasteiger partial charge in [-0.3, -0.25) is 4.79 Å². The van der Waals surface area contributed by atoms with Crippen molar-refractivity contribution in [3.63, 3.8) is 0 Å². The number of benzene rings is 1. The van der Waals surface area contributed by atoms with Gasteiger partial charge in [0.25, 0.3) is 5.91 Å². The fraction of sp³-hybridized carbons (Fsp3) is 0.438. The molecule has 1 aromatic carbocycles. The number of likely N-dealkylation sites (tertiary alicyclic amines) is 1. The molecule has 0 aliphatic carbocycles. The van der Waals surface area contributed by atoms with E-state index >= 15 is 0 Å². The quantitative estimate of drug-likeness (QED) is 0.866. The summed E-state index contributed by atoms with van der Waals surface area (Å²) in [6.45, 7) is 5.49. The van der Waals surface area contributed by atoms with Crippen molar-refractivity contribution in [3.05, 3.63) is 42.2 Å². The van der Waals surface area contributed by atoms with Crippen molar-refractivity contribution in [1.82, 2.24) is 19.9 Å². The standard InChI is InChI=1S/C14H16N4OS.C2H6/c19-14(17-9-3-4-11(20)10-17)12-5-1-2-6-13(12)18-15-7-8-16-18;1-2/h1-2,5-8,11,20H,3-4,9-10H2;1-2H3. The van der Waals surface area contributed by atoms with E-state index in [1.807, 2.05) is 43.0 Å². The third-order valence-corrected chi connectivity index (χ3v) is 3.87. The van der Waals surface area contributed by atoms with Crippen LogP contribution in [0.3, 0.4) is 0 Å². The van der Waals surface area contributed by atoms with Gasteiger partial charge in [-0.1, -0.05) is 26.0 Å². The number of nitrogens with zero attached hydrogens (tertiary/aromatic N) is 4. The van der Waals surface area contributed by atoms with Crippen LogP contribution in [-0.2, 0) is 0 Å². The van der Waals surface area contributed by atoms with Gasteiger partial charge in [0.15, 0.2) is 0 Å². The Morgan fingerprint density at radius 2 is 1.91 bits per heavy atom. The summed E-state index contributed by atoms with van der Waals surface area (Å²) in [4.78, 5) is 16.0. The fourth-order valence-electron chi connectivity index (χ4n) is 2.48. The molecule has 1 atom stereocenters. The van der Waals surface area contributed by atoms with Gasteiger partial charge in [-0.05, 0) is 25.0 Å². The molecule has 1 unspecified atom stereocenters. The molecule has 1 amide bonds. The SMILES string of the molecule is CC.O=C(c1ccccc1-n1nccn1)N1CCCC(S)C1. The fourth-order valence-corrected chi connectivity index (χ4v) is 2.86. The first-order chi connectivity index (χ1) is 10.8. The molecule has 6 heteroatoms. The third kappa shape index (κ3) is 3.68. The zero-order chi connectivity index (χ0) is 15.9. The van der Waals surface area contributed by atoms with Crippen molar-refractivity contribution in [2.75, 3.05) is 13.1 Å². The number of carbonyl (C=O) groups is 1. The van der Waals surface area contributed by atoms with Crippen molar-refractivity contribution < 1.29 is 4.79 Å². The Morgan fingerprint density at radius 3 is 2.59 bits per heavy atom. The van der Waals surface area contributed by atoms with Gasteiger partial charge in [-0.15, -0.1) is 0 Å². The predicted octanol–water partition coefficient (Wildman–Crippen LogP) is 2.83. The maximum atomic E-state index is 12.7. The number of hydrogen-bond donors (Lipinski definition) is 1. The molecule has 0 spiro atoms. The zero-order valence-corrected chi connectivity index (χ0v) is 13.9. The number of carbonyl (C=O) groups excluding carboxylic acids is 1. The Morgan fingerprint density at radius 1 is 1.23 bits per heavy atom. The zero-order valence-electron chi connectivity index (χ0n) is 13.0. The van der Waals surface area contributed by atoms with Gasteiger partial charge in [0.2, 0.25) is 0 Å².